The van der Waals surface area contributed by atoms with E-state index in [-0.39, 0.29) is 5.91 Å². The Hall–Kier alpha value is -2.33. The van der Waals surface area contributed by atoms with Gasteiger partial charge in [0.05, 0.1) is 0 Å². The predicted octanol–water partition coefficient (Wildman–Crippen LogP) is 3.54. The molecule has 0 saturated carbocycles. The molecule has 2 aromatic rings. The van der Waals surface area contributed by atoms with Crippen LogP contribution in [-0.4, -0.2) is 44.0 Å². The molecule has 3 rings (SSSR count). The smallest absolute Gasteiger partial charge is 0.251 e. The van der Waals surface area contributed by atoms with Gasteiger partial charge in [0.1, 0.15) is 0 Å². The first-order valence-electron chi connectivity index (χ1n) is 9.58. The van der Waals surface area contributed by atoms with E-state index in [0.717, 1.165) is 24.3 Å². The van der Waals surface area contributed by atoms with Gasteiger partial charge in [-0.1, -0.05) is 36.8 Å². The second-order valence-corrected chi connectivity index (χ2v) is 7.05. The topological polar surface area (TPSA) is 35.6 Å². The zero-order valence-corrected chi connectivity index (χ0v) is 15.7. The van der Waals surface area contributed by atoms with Gasteiger partial charge in [0.25, 0.3) is 5.91 Å². The number of anilines is 1. The molecule has 2 aromatic carbocycles. The number of nitrogens with one attached hydrogen (secondary N) is 1. The summed E-state index contributed by atoms with van der Waals surface area (Å²) in [7, 11) is 2.04. The van der Waals surface area contributed by atoms with E-state index in [4.69, 9.17) is 0 Å². The van der Waals surface area contributed by atoms with Crippen molar-refractivity contribution in [1.82, 2.24) is 10.2 Å². The van der Waals surface area contributed by atoms with E-state index in [0.29, 0.717) is 6.54 Å². The van der Waals surface area contributed by atoms with Crippen molar-refractivity contribution in [1.29, 1.82) is 0 Å². The maximum absolute atomic E-state index is 12.3. The fourth-order valence-corrected chi connectivity index (χ4v) is 3.39. The molecule has 1 aliphatic rings. The van der Waals surface area contributed by atoms with Gasteiger partial charge < -0.3 is 10.2 Å². The molecule has 0 unspecified atom stereocenters. The fourth-order valence-electron chi connectivity index (χ4n) is 3.39. The molecule has 0 radical (unpaired) electrons. The minimum atomic E-state index is -0.00372. The van der Waals surface area contributed by atoms with E-state index in [2.05, 4.69) is 39.4 Å². The molecule has 0 aromatic heterocycles. The number of amides is 1. The van der Waals surface area contributed by atoms with Gasteiger partial charge in [-0.3, -0.25) is 9.69 Å². The summed E-state index contributed by atoms with van der Waals surface area (Å²) in [5, 5.41) is 3.01. The van der Waals surface area contributed by atoms with Crippen LogP contribution in [-0.2, 0) is 6.54 Å². The summed E-state index contributed by atoms with van der Waals surface area (Å²) in [6, 6.07) is 18.2. The van der Waals surface area contributed by atoms with Crippen molar-refractivity contribution in [3.8, 4) is 0 Å². The summed E-state index contributed by atoms with van der Waals surface area (Å²) in [6.07, 6.45) is 3.96. The molecule has 1 saturated heterocycles. The Bertz CT molecular complexity index is 678. The second-order valence-electron chi connectivity index (χ2n) is 7.05. The van der Waals surface area contributed by atoms with Gasteiger partial charge in [-0.15, -0.1) is 0 Å². The molecular formula is C22H29N3O. The van der Waals surface area contributed by atoms with E-state index in [9.17, 15) is 4.79 Å². The number of carbonyl (C=O) groups excluding carboxylic acids is 1. The third-order valence-electron chi connectivity index (χ3n) is 5.00. The number of para-hydroxylation sites is 1. The lowest BCUT2D eigenvalue weighted by Gasteiger charge is -2.26. The second kappa shape index (κ2) is 9.39. The molecule has 0 spiro atoms. The van der Waals surface area contributed by atoms with Gasteiger partial charge in [-0.25, -0.2) is 0 Å². The fraction of sp³-hybridized carbons (Fsp3) is 0.409. The van der Waals surface area contributed by atoms with E-state index < -0.39 is 0 Å². The number of benzene rings is 2. The highest BCUT2D eigenvalue weighted by atomic mass is 16.1. The molecule has 26 heavy (non-hydrogen) atoms. The lowest BCUT2D eigenvalue weighted by Crippen LogP contribution is -2.33. The third-order valence-corrected chi connectivity index (χ3v) is 5.00. The average Bonchev–Trinajstić information content (AvgIpc) is 2.70. The lowest BCUT2D eigenvalue weighted by molar-refractivity contribution is 0.0954. The summed E-state index contributed by atoms with van der Waals surface area (Å²) in [6.45, 7) is 4.78. The van der Waals surface area contributed by atoms with Gasteiger partial charge in [0, 0.05) is 37.9 Å². The van der Waals surface area contributed by atoms with Gasteiger partial charge in [0.15, 0.2) is 0 Å². The molecule has 0 atom stereocenters. The largest absolute Gasteiger partial charge is 0.373 e. The first-order valence-corrected chi connectivity index (χ1v) is 9.58. The molecule has 1 heterocycles. The predicted molar refractivity (Wildman–Crippen MR) is 108 cm³/mol. The van der Waals surface area contributed by atoms with E-state index in [1.807, 2.05) is 37.4 Å². The Labute approximate surface area is 156 Å². The van der Waals surface area contributed by atoms with Crippen LogP contribution in [0.2, 0.25) is 0 Å². The van der Waals surface area contributed by atoms with Crippen LogP contribution in [0, 0.1) is 0 Å². The number of hydrogen-bond acceptors (Lipinski definition) is 3. The van der Waals surface area contributed by atoms with Crippen LogP contribution >= 0.6 is 0 Å². The first-order chi connectivity index (χ1) is 12.7. The van der Waals surface area contributed by atoms with Gasteiger partial charge >= 0.3 is 0 Å². The summed E-state index contributed by atoms with van der Waals surface area (Å²) < 4.78 is 0. The number of likely N-dealkylation sites (N-methyl/N-ethyl adjacent to an activating group) is 1. The Kier molecular flexibility index (Phi) is 6.67. The van der Waals surface area contributed by atoms with Crippen LogP contribution in [0.3, 0.4) is 0 Å². The highest BCUT2D eigenvalue weighted by molar-refractivity contribution is 5.94. The molecule has 0 bridgehead atoms. The standard InChI is InChI=1S/C22H29N3O/c1-24(21-8-4-2-5-9-21)17-14-23-22(26)20-12-10-19(11-13-20)18-25-15-6-3-7-16-25/h2,4-5,8-13H,3,6-7,14-18H2,1H3,(H,23,26). The van der Waals surface area contributed by atoms with Crippen LogP contribution in [0.4, 0.5) is 5.69 Å². The molecule has 1 N–H and O–H groups in total. The molecule has 1 amide bonds. The quantitative estimate of drug-likeness (QED) is 0.829. The highest BCUT2D eigenvalue weighted by Crippen LogP contribution is 2.14. The summed E-state index contributed by atoms with van der Waals surface area (Å²) >= 11 is 0. The van der Waals surface area contributed by atoms with E-state index in [1.54, 1.807) is 0 Å². The van der Waals surface area contributed by atoms with Crippen molar-refractivity contribution in [3.05, 3.63) is 65.7 Å². The van der Waals surface area contributed by atoms with Gasteiger partial charge in [-0.05, 0) is 55.8 Å². The molecule has 138 valence electrons. The highest BCUT2D eigenvalue weighted by Gasteiger charge is 2.11. The summed E-state index contributed by atoms with van der Waals surface area (Å²) in [5.41, 5.74) is 3.17. The van der Waals surface area contributed by atoms with Gasteiger partial charge in [-0.2, -0.15) is 0 Å². The number of carbonyl (C=O) groups is 1. The minimum absolute atomic E-state index is 0.00372. The SMILES string of the molecule is CN(CCNC(=O)c1ccc(CN2CCCCC2)cc1)c1ccccc1. The van der Waals surface area contributed by atoms with E-state index in [1.165, 1.54) is 37.9 Å². The molecule has 4 nitrogen and oxygen atoms in total. The molecule has 4 heteroatoms. The minimum Gasteiger partial charge on any atom is -0.373 e. The number of likely N-dealkylation sites (tertiary alicyclic amines) is 1. The lowest BCUT2D eigenvalue weighted by atomic mass is 10.1. The van der Waals surface area contributed by atoms with Crippen molar-refractivity contribution in [2.24, 2.45) is 0 Å². The Balaban J connectivity index is 1.44. The van der Waals surface area contributed by atoms with Crippen molar-refractivity contribution in [2.75, 3.05) is 38.1 Å². The van der Waals surface area contributed by atoms with Crippen LogP contribution in [0.5, 0.6) is 0 Å². The van der Waals surface area contributed by atoms with Gasteiger partial charge in [0.2, 0.25) is 0 Å². The van der Waals surface area contributed by atoms with Crippen LogP contribution in [0.25, 0.3) is 0 Å². The number of hydrogen-bond donors (Lipinski definition) is 1. The summed E-state index contributed by atoms with van der Waals surface area (Å²) in [5.74, 6) is -0.00372. The Morgan fingerprint density at radius 2 is 1.69 bits per heavy atom. The zero-order valence-electron chi connectivity index (χ0n) is 15.7. The zero-order chi connectivity index (χ0) is 18.2. The maximum atomic E-state index is 12.3. The van der Waals surface area contributed by atoms with Crippen molar-refractivity contribution >= 4 is 11.6 Å². The van der Waals surface area contributed by atoms with E-state index >= 15 is 0 Å². The number of piperidine rings is 1. The Morgan fingerprint density at radius 1 is 1.00 bits per heavy atom. The number of nitrogens with zero attached hydrogens (tertiary/aromatic N) is 2. The molecule has 1 aliphatic heterocycles. The average molecular weight is 351 g/mol. The molecular weight excluding hydrogens is 322 g/mol. The van der Waals surface area contributed by atoms with Crippen molar-refractivity contribution < 1.29 is 4.79 Å². The third kappa shape index (κ3) is 5.33. The monoisotopic (exact) mass is 351 g/mol. The van der Waals surface area contributed by atoms with Crippen molar-refractivity contribution in [3.63, 3.8) is 0 Å². The normalized spacial score (nSPS) is 14.8. The maximum Gasteiger partial charge on any atom is 0.251 e. The first kappa shape index (κ1) is 18.5. The Morgan fingerprint density at radius 3 is 2.38 bits per heavy atom. The number of rotatable bonds is 7. The van der Waals surface area contributed by atoms with Crippen LogP contribution in [0.15, 0.2) is 54.6 Å². The summed E-state index contributed by atoms with van der Waals surface area (Å²) in [4.78, 5) is 17.0. The van der Waals surface area contributed by atoms with Crippen LogP contribution in [0.1, 0.15) is 35.2 Å². The molecule has 0 aliphatic carbocycles. The van der Waals surface area contributed by atoms with Crippen LogP contribution < -0.4 is 10.2 Å². The molecule has 1 fully saturated rings. The van der Waals surface area contributed by atoms with Crippen molar-refractivity contribution in [2.45, 2.75) is 25.8 Å².